The molecule has 3 heteroatoms. The van der Waals surface area contributed by atoms with Crippen LogP contribution in [0.5, 0.6) is 11.5 Å². The Bertz CT molecular complexity index is 760. The zero-order valence-corrected chi connectivity index (χ0v) is 13.4. The van der Waals surface area contributed by atoms with Crippen molar-refractivity contribution in [3.63, 3.8) is 0 Å². The Balaban J connectivity index is 2.18. The van der Waals surface area contributed by atoms with Crippen LogP contribution in [-0.4, -0.2) is 12.7 Å². The lowest BCUT2D eigenvalue weighted by atomic mass is 9.92. The molecular formula is C19H21NO2. The number of fused-ring (bicyclic) bond motifs is 1. The molecule has 2 aromatic rings. The molecule has 0 spiro atoms. The molecule has 0 bridgehead atoms. The molecule has 1 heterocycles. The van der Waals surface area contributed by atoms with Gasteiger partial charge < -0.3 is 15.2 Å². The third-order valence-electron chi connectivity index (χ3n) is 3.95. The number of hydrogen-bond donors (Lipinski definition) is 1. The summed E-state index contributed by atoms with van der Waals surface area (Å²) < 4.78 is 11.4. The van der Waals surface area contributed by atoms with E-state index in [-0.39, 0.29) is 5.60 Å². The Labute approximate surface area is 131 Å². The number of hydrogen-bond acceptors (Lipinski definition) is 3. The fraction of sp³-hybridized carbons (Fsp3) is 0.263. The van der Waals surface area contributed by atoms with Crippen LogP contribution in [0.15, 0.2) is 36.4 Å². The van der Waals surface area contributed by atoms with Gasteiger partial charge in [-0.3, -0.25) is 0 Å². The molecule has 1 aliphatic rings. The molecule has 2 N–H and O–H groups in total. The Hall–Kier alpha value is -2.42. The second-order valence-electron chi connectivity index (χ2n) is 6.16. The van der Waals surface area contributed by atoms with Gasteiger partial charge in [-0.05, 0) is 62.2 Å². The number of rotatable bonds is 2. The van der Waals surface area contributed by atoms with Gasteiger partial charge in [0.05, 0.1) is 7.11 Å². The summed E-state index contributed by atoms with van der Waals surface area (Å²) in [6, 6.07) is 9.95. The molecule has 0 fully saturated rings. The smallest absolute Gasteiger partial charge is 0.128 e. The molecule has 0 aliphatic carbocycles. The van der Waals surface area contributed by atoms with Crippen molar-refractivity contribution in [1.82, 2.24) is 0 Å². The summed E-state index contributed by atoms with van der Waals surface area (Å²) in [4.78, 5) is 0. The highest BCUT2D eigenvalue weighted by Gasteiger charge is 2.24. The van der Waals surface area contributed by atoms with Gasteiger partial charge in [0.15, 0.2) is 0 Å². The van der Waals surface area contributed by atoms with Gasteiger partial charge in [-0.2, -0.15) is 0 Å². The largest absolute Gasteiger partial charge is 0.496 e. The summed E-state index contributed by atoms with van der Waals surface area (Å²) in [6.07, 6.45) is 4.17. The van der Waals surface area contributed by atoms with Crippen LogP contribution in [0.25, 0.3) is 17.2 Å². The predicted octanol–water partition coefficient (Wildman–Crippen LogP) is 4.44. The molecule has 0 amide bonds. The van der Waals surface area contributed by atoms with Crippen LogP contribution in [-0.2, 0) is 0 Å². The van der Waals surface area contributed by atoms with E-state index in [9.17, 15) is 0 Å². The number of aryl methyl sites for hydroxylation is 1. The minimum Gasteiger partial charge on any atom is -0.496 e. The fourth-order valence-electron chi connectivity index (χ4n) is 2.83. The first-order valence-electron chi connectivity index (χ1n) is 7.37. The van der Waals surface area contributed by atoms with Crippen molar-refractivity contribution in [2.45, 2.75) is 26.4 Å². The second-order valence-corrected chi connectivity index (χ2v) is 6.16. The Morgan fingerprint density at radius 3 is 2.59 bits per heavy atom. The number of anilines is 1. The molecule has 0 saturated heterocycles. The van der Waals surface area contributed by atoms with E-state index in [0.29, 0.717) is 0 Å². The summed E-state index contributed by atoms with van der Waals surface area (Å²) in [6.45, 7) is 6.11. The van der Waals surface area contributed by atoms with Crippen molar-refractivity contribution in [2.24, 2.45) is 0 Å². The first kappa shape index (κ1) is 14.5. The highest BCUT2D eigenvalue weighted by molar-refractivity contribution is 5.88. The molecule has 3 nitrogen and oxygen atoms in total. The topological polar surface area (TPSA) is 44.5 Å². The van der Waals surface area contributed by atoms with Crippen molar-refractivity contribution in [2.75, 3.05) is 12.8 Å². The summed E-state index contributed by atoms with van der Waals surface area (Å²) >= 11 is 0. The molecule has 1 aliphatic heterocycles. The average Bonchev–Trinajstić information content (AvgIpc) is 2.47. The van der Waals surface area contributed by atoms with E-state index in [1.165, 1.54) is 0 Å². The molecule has 0 unspecified atom stereocenters. The predicted molar refractivity (Wildman–Crippen MR) is 91.3 cm³/mol. The standard InChI is InChI=1S/C19H21NO2/c1-12-11-13(5-7-16(12)21-4)18-14-9-10-19(2,3)22-17(14)8-6-15(18)20/h5-11H,20H2,1-4H3. The quantitative estimate of drug-likeness (QED) is 0.833. The maximum atomic E-state index is 6.24. The summed E-state index contributed by atoms with van der Waals surface area (Å²) in [7, 11) is 1.68. The maximum absolute atomic E-state index is 6.24. The molecule has 2 aromatic carbocycles. The highest BCUT2D eigenvalue weighted by Crippen LogP contribution is 2.41. The van der Waals surface area contributed by atoms with E-state index in [1.807, 2.05) is 45.0 Å². The van der Waals surface area contributed by atoms with Gasteiger partial charge in [-0.25, -0.2) is 0 Å². The second kappa shape index (κ2) is 5.09. The lowest BCUT2D eigenvalue weighted by Crippen LogP contribution is -2.27. The van der Waals surface area contributed by atoms with Crippen molar-refractivity contribution < 1.29 is 9.47 Å². The van der Waals surface area contributed by atoms with E-state index < -0.39 is 0 Å². The van der Waals surface area contributed by atoms with Gasteiger partial charge in [0.25, 0.3) is 0 Å². The first-order chi connectivity index (χ1) is 10.4. The normalized spacial score (nSPS) is 15.1. The van der Waals surface area contributed by atoms with Crippen molar-refractivity contribution >= 4 is 11.8 Å². The minimum absolute atomic E-state index is 0.295. The fourth-order valence-corrected chi connectivity index (χ4v) is 2.83. The van der Waals surface area contributed by atoms with Gasteiger partial charge in [0.1, 0.15) is 17.1 Å². The Morgan fingerprint density at radius 2 is 1.91 bits per heavy atom. The van der Waals surface area contributed by atoms with E-state index in [2.05, 4.69) is 18.2 Å². The summed E-state index contributed by atoms with van der Waals surface area (Å²) in [5.74, 6) is 1.74. The number of nitrogens with two attached hydrogens (primary N) is 1. The first-order valence-corrected chi connectivity index (χ1v) is 7.37. The lowest BCUT2D eigenvalue weighted by molar-refractivity contribution is 0.159. The van der Waals surface area contributed by atoms with Crippen LogP contribution in [0, 0.1) is 6.92 Å². The van der Waals surface area contributed by atoms with Crippen LogP contribution in [0.4, 0.5) is 5.69 Å². The molecule has 22 heavy (non-hydrogen) atoms. The lowest BCUT2D eigenvalue weighted by Gasteiger charge is -2.29. The van der Waals surface area contributed by atoms with Crippen LogP contribution in [0.1, 0.15) is 25.0 Å². The maximum Gasteiger partial charge on any atom is 0.128 e. The molecule has 0 atom stereocenters. The SMILES string of the molecule is COc1ccc(-c2c(N)ccc3c2C=CC(C)(C)O3)cc1C. The van der Waals surface area contributed by atoms with Gasteiger partial charge in [-0.1, -0.05) is 12.1 Å². The van der Waals surface area contributed by atoms with E-state index in [0.717, 1.165) is 39.4 Å². The van der Waals surface area contributed by atoms with E-state index in [4.69, 9.17) is 15.2 Å². The molecule has 0 radical (unpaired) electrons. The monoisotopic (exact) mass is 295 g/mol. The summed E-state index contributed by atoms with van der Waals surface area (Å²) in [5.41, 5.74) is 10.9. The zero-order valence-electron chi connectivity index (χ0n) is 13.4. The molecule has 0 saturated carbocycles. The average molecular weight is 295 g/mol. The molecule has 114 valence electrons. The van der Waals surface area contributed by atoms with Crippen LogP contribution >= 0.6 is 0 Å². The molecule has 0 aromatic heterocycles. The van der Waals surface area contributed by atoms with Gasteiger partial charge in [-0.15, -0.1) is 0 Å². The van der Waals surface area contributed by atoms with Gasteiger partial charge in [0, 0.05) is 16.8 Å². The Kier molecular flexibility index (Phi) is 3.36. The third kappa shape index (κ3) is 2.43. The third-order valence-corrected chi connectivity index (χ3v) is 3.95. The summed E-state index contributed by atoms with van der Waals surface area (Å²) in [5, 5.41) is 0. The minimum atomic E-state index is -0.295. The number of methoxy groups -OCH3 is 1. The van der Waals surface area contributed by atoms with E-state index in [1.54, 1.807) is 7.11 Å². The van der Waals surface area contributed by atoms with Crippen LogP contribution in [0.3, 0.4) is 0 Å². The van der Waals surface area contributed by atoms with Crippen molar-refractivity contribution in [3.05, 3.63) is 47.5 Å². The Morgan fingerprint density at radius 1 is 1.14 bits per heavy atom. The van der Waals surface area contributed by atoms with Crippen LogP contribution in [0.2, 0.25) is 0 Å². The van der Waals surface area contributed by atoms with E-state index >= 15 is 0 Å². The number of benzene rings is 2. The van der Waals surface area contributed by atoms with Crippen molar-refractivity contribution in [3.8, 4) is 22.6 Å². The number of nitrogen functional groups attached to an aromatic ring is 1. The number of ether oxygens (including phenoxy) is 2. The highest BCUT2D eigenvalue weighted by atomic mass is 16.5. The van der Waals surface area contributed by atoms with Gasteiger partial charge in [0.2, 0.25) is 0 Å². The zero-order chi connectivity index (χ0) is 15.9. The molecular weight excluding hydrogens is 274 g/mol. The van der Waals surface area contributed by atoms with Crippen molar-refractivity contribution in [1.29, 1.82) is 0 Å². The van der Waals surface area contributed by atoms with Gasteiger partial charge >= 0.3 is 0 Å². The van der Waals surface area contributed by atoms with Crippen LogP contribution < -0.4 is 15.2 Å². The molecule has 3 rings (SSSR count).